The van der Waals surface area contributed by atoms with E-state index in [-0.39, 0.29) is 53.1 Å². The van der Waals surface area contributed by atoms with Crippen molar-refractivity contribution in [3.8, 4) is 5.75 Å². The second kappa shape index (κ2) is 9.20. The van der Waals surface area contributed by atoms with Gasteiger partial charge in [-0.3, -0.25) is 19.3 Å². The molecule has 3 aliphatic carbocycles. The Morgan fingerprint density at radius 2 is 1.87 bits per heavy atom. The van der Waals surface area contributed by atoms with Gasteiger partial charge < -0.3 is 26.2 Å². The van der Waals surface area contributed by atoms with Crippen LogP contribution in [0.4, 0.5) is 4.39 Å². The number of rotatable bonds is 5. The number of fused-ring (bicyclic) bond motifs is 3. The Balaban J connectivity index is 1.76. The first-order valence-corrected chi connectivity index (χ1v) is 12.7. The Bertz CT molecular complexity index is 1310. The molecule has 9 nitrogen and oxygen atoms in total. The van der Waals surface area contributed by atoms with Crippen LogP contribution in [0.25, 0.3) is 5.76 Å². The third-order valence-corrected chi connectivity index (χ3v) is 8.15. The fourth-order valence-electron chi connectivity index (χ4n) is 6.31. The van der Waals surface area contributed by atoms with E-state index < -0.39 is 70.0 Å². The summed E-state index contributed by atoms with van der Waals surface area (Å²) in [6.07, 6.45) is 0.325. The standard InChI is InChI=1S/C28H35FN2O7/c1-12(10-27(2,3)4)31(5)11-14-8-17(32)20-16(22(14)29)7-13-6-15-9-18(33)21(26(30)37)25(36)28(15,38)24(35)19(13)23(20)34/h8,12-13,15,32,34,36,38H,6-7,9-11H2,1-5H3,(H2,30,37)/t12-,13?,15+,28+/m1/s1. The molecule has 1 fully saturated rings. The van der Waals surface area contributed by atoms with Gasteiger partial charge in [0.1, 0.15) is 28.7 Å². The van der Waals surface area contributed by atoms with Crippen molar-refractivity contribution in [1.82, 2.24) is 4.90 Å². The summed E-state index contributed by atoms with van der Waals surface area (Å²) in [4.78, 5) is 39.7. The molecule has 4 atom stereocenters. The van der Waals surface area contributed by atoms with Crippen molar-refractivity contribution in [3.05, 3.63) is 45.5 Å². The zero-order valence-corrected chi connectivity index (χ0v) is 22.3. The number of amides is 1. The molecular weight excluding hydrogens is 495 g/mol. The molecule has 0 heterocycles. The van der Waals surface area contributed by atoms with Crippen LogP contribution in [0.3, 0.4) is 0 Å². The van der Waals surface area contributed by atoms with Gasteiger partial charge in [0.25, 0.3) is 5.91 Å². The molecule has 0 aromatic heterocycles. The van der Waals surface area contributed by atoms with Crippen molar-refractivity contribution >= 4 is 23.2 Å². The number of ketones is 2. The van der Waals surface area contributed by atoms with Gasteiger partial charge in [-0.1, -0.05) is 20.8 Å². The number of hydrogen-bond acceptors (Lipinski definition) is 8. The number of aliphatic hydroxyl groups excluding tert-OH is 2. The molecule has 0 aliphatic heterocycles. The topological polar surface area (TPSA) is 161 Å². The van der Waals surface area contributed by atoms with Crippen LogP contribution >= 0.6 is 0 Å². The van der Waals surface area contributed by atoms with Gasteiger partial charge in [0.2, 0.25) is 5.78 Å². The number of primary amides is 1. The number of hydrogen-bond donors (Lipinski definition) is 5. The Morgan fingerprint density at radius 1 is 1.24 bits per heavy atom. The van der Waals surface area contributed by atoms with Gasteiger partial charge >= 0.3 is 0 Å². The molecule has 1 unspecified atom stereocenters. The van der Waals surface area contributed by atoms with Crippen molar-refractivity contribution in [2.45, 2.75) is 71.6 Å². The monoisotopic (exact) mass is 530 g/mol. The highest BCUT2D eigenvalue weighted by atomic mass is 19.1. The highest BCUT2D eigenvalue weighted by Gasteiger charge is 2.60. The summed E-state index contributed by atoms with van der Waals surface area (Å²) in [5, 5.41) is 43.8. The number of carbonyl (C=O) groups excluding carboxylic acids is 3. The zero-order chi connectivity index (χ0) is 28.5. The largest absolute Gasteiger partial charge is 0.508 e. The number of benzene rings is 1. The smallest absolute Gasteiger partial charge is 0.255 e. The van der Waals surface area contributed by atoms with Crippen LogP contribution in [-0.4, -0.2) is 61.5 Å². The summed E-state index contributed by atoms with van der Waals surface area (Å²) < 4.78 is 15.8. The number of Topliss-reactive ketones (excluding diaryl/α,β-unsaturated/α-hetero) is 2. The highest BCUT2D eigenvalue weighted by Crippen LogP contribution is 2.52. The van der Waals surface area contributed by atoms with Gasteiger partial charge in [-0.15, -0.1) is 0 Å². The summed E-state index contributed by atoms with van der Waals surface area (Å²) in [5.41, 5.74) is 1.50. The maximum absolute atomic E-state index is 15.8. The van der Waals surface area contributed by atoms with Crippen LogP contribution in [0.1, 0.15) is 63.6 Å². The Labute approximate surface area is 220 Å². The molecule has 4 rings (SSSR count). The van der Waals surface area contributed by atoms with Gasteiger partial charge in [0, 0.05) is 41.6 Å². The van der Waals surface area contributed by atoms with Crippen LogP contribution in [-0.2, 0) is 27.3 Å². The predicted molar refractivity (Wildman–Crippen MR) is 136 cm³/mol. The lowest BCUT2D eigenvalue weighted by atomic mass is 9.59. The van der Waals surface area contributed by atoms with Gasteiger partial charge in [0.15, 0.2) is 11.4 Å². The van der Waals surface area contributed by atoms with Crippen molar-refractivity contribution in [2.75, 3.05) is 7.05 Å². The van der Waals surface area contributed by atoms with Gasteiger partial charge in [-0.25, -0.2) is 4.39 Å². The number of phenols is 1. The lowest BCUT2D eigenvalue weighted by Gasteiger charge is -2.46. The minimum Gasteiger partial charge on any atom is -0.508 e. The molecule has 1 aromatic carbocycles. The maximum Gasteiger partial charge on any atom is 0.255 e. The average molecular weight is 531 g/mol. The van der Waals surface area contributed by atoms with E-state index in [1.54, 1.807) is 0 Å². The lowest BCUT2D eigenvalue weighted by molar-refractivity contribution is -0.147. The van der Waals surface area contributed by atoms with Crippen molar-refractivity contribution in [1.29, 1.82) is 0 Å². The van der Waals surface area contributed by atoms with Crippen LogP contribution in [0.2, 0.25) is 0 Å². The molecule has 10 heteroatoms. The molecule has 0 radical (unpaired) electrons. The molecule has 1 aromatic rings. The van der Waals surface area contributed by atoms with Crippen molar-refractivity contribution in [2.24, 2.45) is 23.0 Å². The number of aromatic hydroxyl groups is 1. The minimum absolute atomic E-state index is 0.0427. The van der Waals surface area contributed by atoms with Crippen LogP contribution in [0, 0.1) is 23.1 Å². The fraction of sp³-hybridized carbons (Fsp3) is 0.536. The molecule has 1 amide bonds. The number of nitrogens with two attached hydrogens (primary N) is 1. The molecule has 6 N–H and O–H groups in total. The van der Waals surface area contributed by atoms with E-state index in [1.807, 2.05) is 18.9 Å². The Morgan fingerprint density at radius 3 is 2.45 bits per heavy atom. The normalized spacial score (nSPS) is 26.3. The quantitative estimate of drug-likeness (QED) is 0.363. The number of phenolic OH excluding ortho intramolecular Hbond substituents is 1. The number of halogens is 1. The number of aliphatic hydroxyl groups is 3. The summed E-state index contributed by atoms with van der Waals surface area (Å²) in [6.45, 7) is 8.59. The fourth-order valence-corrected chi connectivity index (χ4v) is 6.31. The first-order chi connectivity index (χ1) is 17.5. The molecule has 206 valence electrons. The Hall–Kier alpha value is -3.24. The molecule has 0 bridgehead atoms. The van der Waals surface area contributed by atoms with E-state index in [4.69, 9.17) is 5.73 Å². The van der Waals surface area contributed by atoms with E-state index in [0.29, 0.717) is 0 Å². The maximum atomic E-state index is 15.8. The van der Waals surface area contributed by atoms with Crippen LogP contribution < -0.4 is 5.73 Å². The second-order valence-electron chi connectivity index (χ2n) is 12.2. The van der Waals surface area contributed by atoms with Crippen molar-refractivity contribution < 1.29 is 39.2 Å². The van der Waals surface area contributed by atoms with Gasteiger partial charge in [0.05, 0.1) is 5.56 Å². The summed E-state index contributed by atoms with van der Waals surface area (Å²) in [6, 6.07) is 1.34. The number of nitrogens with zero attached hydrogens (tertiary/aromatic N) is 1. The van der Waals surface area contributed by atoms with Gasteiger partial charge in [-0.05, 0) is 50.6 Å². The molecule has 38 heavy (non-hydrogen) atoms. The highest BCUT2D eigenvalue weighted by molar-refractivity contribution is 6.22. The summed E-state index contributed by atoms with van der Waals surface area (Å²) >= 11 is 0. The lowest BCUT2D eigenvalue weighted by Crippen LogP contribution is -2.58. The molecule has 1 saturated carbocycles. The van der Waals surface area contributed by atoms with Crippen LogP contribution in [0.15, 0.2) is 23.0 Å². The van der Waals surface area contributed by atoms with Crippen LogP contribution in [0.5, 0.6) is 5.75 Å². The van der Waals surface area contributed by atoms with E-state index in [0.717, 1.165) is 6.42 Å². The van der Waals surface area contributed by atoms with E-state index in [2.05, 4.69) is 20.8 Å². The van der Waals surface area contributed by atoms with Crippen molar-refractivity contribution in [3.63, 3.8) is 0 Å². The number of carbonyl (C=O) groups is 3. The summed E-state index contributed by atoms with van der Waals surface area (Å²) in [5.74, 6) is -7.94. The Kier molecular flexibility index (Phi) is 6.73. The first-order valence-electron chi connectivity index (χ1n) is 12.7. The molecule has 0 spiro atoms. The third-order valence-electron chi connectivity index (χ3n) is 8.15. The molecular formula is C28H35FN2O7. The molecule has 3 aliphatic rings. The third kappa shape index (κ3) is 4.29. The SMILES string of the molecule is C[C@H](CC(C)(C)C)N(C)Cc1cc(O)c2c(c1F)CC1C[C@H]3CC(=O)C(C(N)=O)=C(O)[C@@]3(O)C(=O)C1=C2O. The predicted octanol–water partition coefficient (Wildman–Crippen LogP) is 2.82. The minimum atomic E-state index is -2.64. The van der Waals surface area contributed by atoms with Gasteiger partial charge in [-0.2, -0.15) is 0 Å². The average Bonchev–Trinajstić information content (AvgIpc) is 2.78. The summed E-state index contributed by atoms with van der Waals surface area (Å²) in [7, 11) is 1.86. The first kappa shape index (κ1) is 27.8. The van der Waals surface area contributed by atoms with E-state index >= 15 is 4.39 Å². The van der Waals surface area contributed by atoms with E-state index in [9.17, 15) is 34.8 Å². The second-order valence-corrected chi connectivity index (χ2v) is 12.2. The molecule has 0 saturated heterocycles. The zero-order valence-electron chi connectivity index (χ0n) is 22.3. The van der Waals surface area contributed by atoms with E-state index in [1.165, 1.54) is 6.07 Å².